The minimum Gasteiger partial charge on any atom is -0.490 e. The van der Waals surface area contributed by atoms with Gasteiger partial charge in [0.05, 0.1) is 18.1 Å². The number of rotatable bonds is 4. The maximum atomic E-state index is 12.3. The largest absolute Gasteiger partial charge is 0.490 e. The van der Waals surface area contributed by atoms with Crippen molar-refractivity contribution < 1.29 is 22.7 Å². The molecule has 1 aliphatic rings. The van der Waals surface area contributed by atoms with E-state index in [9.17, 15) is 13.2 Å². The third kappa shape index (κ3) is 4.40. The van der Waals surface area contributed by atoms with Crippen LogP contribution in [-0.2, 0) is 10.0 Å². The Morgan fingerprint density at radius 2 is 1.68 bits per heavy atom. The highest BCUT2D eigenvalue weighted by Gasteiger charge is 2.19. The number of hydrogen-bond acceptors (Lipinski definition) is 5. The van der Waals surface area contributed by atoms with Crippen molar-refractivity contribution in [2.45, 2.75) is 11.3 Å². The van der Waals surface area contributed by atoms with Crippen molar-refractivity contribution in [3.8, 4) is 11.5 Å². The number of amides is 2. The van der Waals surface area contributed by atoms with Crippen LogP contribution in [0, 0.1) is 0 Å². The zero-order valence-electron chi connectivity index (χ0n) is 13.2. The predicted molar refractivity (Wildman–Crippen MR) is 91.0 cm³/mol. The summed E-state index contributed by atoms with van der Waals surface area (Å²) in [6.07, 6.45) is 0.718. The molecular weight excluding hydrogens is 346 g/mol. The number of hydrogen-bond donors (Lipinski definition) is 3. The second kappa shape index (κ2) is 7.41. The Morgan fingerprint density at radius 1 is 0.960 bits per heavy atom. The van der Waals surface area contributed by atoms with Gasteiger partial charge in [-0.05, 0) is 24.3 Å². The highest BCUT2D eigenvalue weighted by Crippen LogP contribution is 2.31. The summed E-state index contributed by atoms with van der Waals surface area (Å²) in [5.41, 5.74) is 2.64. The van der Waals surface area contributed by atoms with E-state index in [-0.39, 0.29) is 4.90 Å². The van der Waals surface area contributed by atoms with Crippen molar-refractivity contribution in [2.24, 2.45) is 0 Å². The average molecular weight is 363 g/mol. The van der Waals surface area contributed by atoms with Crippen LogP contribution < -0.4 is 25.0 Å². The van der Waals surface area contributed by atoms with Gasteiger partial charge >= 0.3 is 6.03 Å². The second-order valence-electron chi connectivity index (χ2n) is 5.21. The highest BCUT2D eigenvalue weighted by molar-refractivity contribution is 7.89. The van der Waals surface area contributed by atoms with Crippen LogP contribution in [0.2, 0.25) is 0 Å². The molecule has 0 aromatic heterocycles. The van der Waals surface area contributed by atoms with Gasteiger partial charge in [-0.25, -0.2) is 13.2 Å². The van der Waals surface area contributed by atoms with Gasteiger partial charge in [-0.1, -0.05) is 18.2 Å². The van der Waals surface area contributed by atoms with Crippen molar-refractivity contribution in [3.63, 3.8) is 0 Å². The lowest BCUT2D eigenvalue weighted by atomic mass is 10.3. The molecule has 2 aromatic carbocycles. The fourth-order valence-corrected chi connectivity index (χ4v) is 3.02. The smallest absolute Gasteiger partial charge is 0.334 e. The summed E-state index contributed by atoms with van der Waals surface area (Å²) in [4.78, 5) is 13.8. The van der Waals surface area contributed by atoms with Gasteiger partial charge in [0.1, 0.15) is 0 Å². The van der Waals surface area contributed by atoms with E-state index < -0.39 is 16.1 Å². The molecule has 0 fully saturated rings. The minimum atomic E-state index is -3.95. The fraction of sp³-hybridized carbons (Fsp3) is 0.188. The highest BCUT2D eigenvalue weighted by atomic mass is 32.2. The molecule has 0 unspecified atom stereocenters. The molecule has 2 amide bonds. The molecule has 9 heteroatoms. The van der Waals surface area contributed by atoms with Gasteiger partial charge in [0.15, 0.2) is 11.5 Å². The molecule has 1 aliphatic heterocycles. The lowest BCUT2D eigenvalue weighted by molar-refractivity contribution is 0.250. The predicted octanol–water partition coefficient (Wildman–Crippen LogP) is 1.86. The minimum absolute atomic E-state index is 0.0447. The Kier molecular flexibility index (Phi) is 5.05. The summed E-state index contributed by atoms with van der Waals surface area (Å²) < 4.78 is 35.6. The monoisotopic (exact) mass is 363 g/mol. The van der Waals surface area contributed by atoms with Gasteiger partial charge in [0, 0.05) is 18.2 Å². The van der Waals surface area contributed by atoms with Crippen molar-refractivity contribution in [1.82, 2.24) is 10.3 Å². The molecule has 0 bridgehead atoms. The Balaban J connectivity index is 1.65. The molecule has 0 aliphatic carbocycles. The molecule has 3 rings (SSSR count). The first kappa shape index (κ1) is 17.1. The molecule has 0 saturated heterocycles. The molecule has 0 saturated carbocycles. The Labute approximate surface area is 145 Å². The van der Waals surface area contributed by atoms with Crippen LogP contribution in [0.15, 0.2) is 53.4 Å². The van der Waals surface area contributed by atoms with E-state index in [2.05, 4.69) is 10.7 Å². The van der Waals surface area contributed by atoms with Crippen molar-refractivity contribution in [2.75, 3.05) is 18.5 Å². The Bertz CT molecular complexity index is 855. The van der Waals surface area contributed by atoms with E-state index in [4.69, 9.17) is 9.47 Å². The van der Waals surface area contributed by atoms with E-state index in [1.165, 1.54) is 18.2 Å². The summed E-state index contributed by atoms with van der Waals surface area (Å²) in [6.45, 7) is 0.959. The number of para-hydroxylation sites is 1. The number of anilines is 1. The Hall–Kier alpha value is -2.78. The lowest BCUT2D eigenvalue weighted by Crippen LogP contribution is -2.43. The average Bonchev–Trinajstić information content (AvgIpc) is 2.86. The number of carbonyl (C=O) groups excluding carboxylic acids is 1. The third-order valence-corrected chi connectivity index (χ3v) is 4.61. The van der Waals surface area contributed by atoms with Crippen LogP contribution in [0.4, 0.5) is 10.5 Å². The number of urea groups is 1. The van der Waals surface area contributed by atoms with Crippen molar-refractivity contribution >= 4 is 21.7 Å². The number of hydrazine groups is 1. The van der Waals surface area contributed by atoms with Crippen LogP contribution in [0.1, 0.15) is 6.42 Å². The number of sulfonamides is 1. The number of ether oxygens (including phenoxy) is 2. The summed E-state index contributed by atoms with van der Waals surface area (Å²) in [5.74, 6) is 0.848. The summed E-state index contributed by atoms with van der Waals surface area (Å²) in [5, 5.41) is 2.50. The number of fused-ring (bicyclic) bond motifs is 1. The molecule has 2 aromatic rings. The maximum Gasteiger partial charge on any atom is 0.334 e. The standard InChI is InChI=1S/C16H17N3O5S/c20-16(17-12-5-2-1-3-6-12)18-19-25(21,22)13-7-8-14-15(11-13)24-10-4-9-23-14/h1-3,5-8,11,19H,4,9-10H2,(H2,17,18,20). The summed E-state index contributed by atoms with van der Waals surface area (Å²) in [7, 11) is -3.95. The first-order chi connectivity index (χ1) is 12.0. The van der Waals surface area contributed by atoms with E-state index in [0.29, 0.717) is 30.4 Å². The number of nitrogens with one attached hydrogen (secondary N) is 3. The van der Waals surface area contributed by atoms with Gasteiger partial charge in [-0.3, -0.25) is 5.43 Å². The zero-order chi connectivity index (χ0) is 17.7. The van der Waals surface area contributed by atoms with Crippen molar-refractivity contribution in [3.05, 3.63) is 48.5 Å². The molecule has 0 radical (unpaired) electrons. The number of carbonyl (C=O) groups is 1. The van der Waals surface area contributed by atoms with Gasteiger partial charge in [0.2, 0.25) is 0 Å². The normalized spacial score (nSPS) is 13.6. The van der Waals surface area contributed by atoms with Gasteiger partial charge < -0.3 is 14.8 Å². The first-order valence-electron chi connectivity index (χ1n) is 7.58. The van der Waals surface area contributed by atoms with Crippen LogP contribution in [0.25, 0.3) is 0 Å². The van der Waals surface area contributed by atoms with Crippen LogP contribution in [-0.4, -0.2) is 27.7 Å². The summed E-state index contributed by atoms with van der Waals surface area (Å²) in [6, 6.07) is 12.2. The van der Waals surface area contributed by atoms with Gasteiger partial charge in [0.25, 0.3) is 10.0 Å². The van der Waals surface area contributed by atoms with E-state index in [0.717, 1.165) is 6.42 Å². The third-order valence-electron chi connectivity index (χ3n) is 3.36. The second-order valence-corrected chi connectivity index (χ2v) is 6.89. The zero-order valence-corrected chi connectivity index (χ0v) is 14.0. The van der Waals surface area contributed by atoms with E-state index >= 15 is 0 Å². The summed E-state index contributed by atoms with van der Waals surface area (Å²) >= 11 is 0. The van der Waals surface area contributed by atoms with Gasteiger partial charge in [-0.2, -0.15) is 0 Å². The molecule has 1 heterocycles. The Morgan fingerprint density at radius 3 is 2.44 bits per heavy atom. The van der Waals surface area contributed by atoms with Crippen molar-refractivity contribution in [1.29, 1.82) is 0 Å². The maximum absolute atomic E-state index is 12.3. The van der Waals surface area contributed by atoms with E-state index in [1.54, 1.807) is 30.3 Å². The molecule has 8 nitrogen and oxygen atoms in total. The molecular formula is C16H17N3O5S. The van der Waals surface area contributed by atoms with Gasteiger partial charge in [-0.15, -0.1) is 4.83 Å². The molecule has 25 heavy (non-hydrogen) atoms. The molecule has 0 spiro atoms. The first-order valence-corrected chi connectivity index (χ1v) is 9.06. The number of benzene rings is 2. The van der Waals surface area contributed by atoms with Crippen LogP contribution in [0.3, 0.4) is 0 Å². The van der Waals surface area contributed by atoms with Crippen LogP contribution in [0.5, 0.6) is 11.5 Å². The fourth-order valence-electron chi connectivity index (χ4n) is 2.17. The van der Waals surface area contributed by atoms with Crippen LogP contribution >= 0.6 is 0 Å². The SMILES string of the molecule is O=C(NNS(=O)(=O)c1ccc2c(c1)OCCCO2)Nc1ccccc1. The lowest BCUT2D eigenvalue weighted by Gasteiger charge is -2.12. The quantitative estimate of drug-likeness (QED) is 0.719. The topological polar surface area (TPSA) is 106 Å². The molecule has 0 atom stereocenters. The molecule has 132 valence electrons. The van der Waals surface area contributed by atoms with E-state index in [1.807, 2.05) is 4.83 Å². The molecule has 3 N–H and O–H groups in total.